The average molecular weight is 369 g/mol. The number of carbonyl (C=O) groups excluding carboxylic acids is 1. The molecule has 0 radical (unpaired) electrons. The molecule has 0 bridgehead atoms. The monoisotopic (exact) mass is 369 g/mol. The molecule has 3 nitrogen and oxygen atoms in total. The van der Waals surface area contributed by atoms with E-state index in [-0.39, 0.29) is 11.2 Å². The van der Waals surface area contributed by atoms with Gasteiger partial charge in [-0.1, -0.05) is 29.8 Å². The first-order valence-electron chi connectivity index (χ1n) is 9.43. The summed E-state index contributed by atoms with van der Waals surface area (Å²) >= 11 is 0. The van der Waals surface area contributed by atoms with Gasteiger partial charge in [-0.15, -0.1) is 0 Å². The van der Waals surface area contributed by atoms with Crippen molar-refractivity contribution < 1.29 is 4.79 Å². The lowest BCUT2D eigenvalue weighted by Gasteiger charge is -2.14. The number of ketones is 1. The standard InChI is InChI=1S/C25H23NO2/c1-14-6-8-18(16(3)10-14)24(27)20-13-23-21(12-17(20)4)25(28)19-9-7-15(2)11-22(19)26(23)5/h6-13H,1-5H3. The first-order valence-corrected chi connectivity index (χ1v) is 9.43. The third-order valence-electron chi connectivity index (χ3n) is 5.58. The summed E-state index contributed by atoms with van der Waals surface area (Å²) in [6.07, 6.45) is 0. The van der Waals surface area contributed by atoms with Crippen molar-refractivity contribution >= 4 is 27.6 Å². The van der Waals surface area contributed by atoms with Gasteiger partial charge < -0.3 is 4.57 Å². The number of hydrogen-bond donors (Lipinski definition) is 0. The third kappa shape index (κ3) is 2.75. The van der Waals surface area contributed by atoms with Crippen molar-refractivity contribution in [3.05, 3.63) is 92.1 Å². The van der Waals surface area contributed by atoms with Crippen LogP contribution in [0.1, 0.15) is 38.2 Å². The van der Waals surface area contributed by atoms with E-state index in [1.165, 1.54) is 0 Å². The number of hydrogen-bond acceptors (Lipinski definition) is 2. The van der Waals surface area contributed by atoms with Crippen molar-refractivity contribution in [1.82, 2.24) is 4.57 Å². The van der Waals surface area contributed by atoms with Gasteiger partial charge in [-0.2, -0.15) is 0 Å². The van der Waals surface area contributed by atoms with Gasteiger partial charge in [0.15, 0.2) is 11.2 Å². The van der Waals surface area contributed by atoms with Crippen LogP contribution in [-0.4, -0.2) is 10.4 Å². The van der Waals surface area contributed by atoms with Crippen LogP contribution in [0.2, 0.25) is 0 Å². The second kappa shape index (κ2) is 6.45. The molecule has 0 fully saturated rings. The van der Waals surface area contributed by atoms with Crippen LogP contribution in [0.3, 0.4) is 0 Å². The van der Waals surface area contributed by atoms with E-state index in [0.29, 0.717) is 21.9 Å². The molecule has 3 heteroatoms. The summed E-state index contributed by atoms with van der Waals surface area (Å²) in [5.41, 5.74) is 7.03. The summed E-state index contributed by atoms with van der Waals surface area (Å²) < 4.78 is 2.01. The maximum absolute atomic E-state index is 13.3. The summed E-state index contributed by atoms with van der Waals surface area (Å²) in [6.45, 7) is 7.89. The lowest BCUT2D eigenvalue weighted by atomic mass is 9.93. The second-order valence-electron chi connectivity index (χ2n) is 7.74. The predicted molar refractivity (Wildman–Crippen MR) is 116 cm³/mol. The molecular weight excluding hydrogens is 346 g/mol. The topological polar surface area (TPSA) is 39.1 Å². The van der Waals surface area contributed by atoms with Crippen LogP contribution in [0.4, 0.5) is 0 Å². The highest BCUT2D eigenvalue weighted by molar-refractivity contribution is 6.12. The number of carbonyl (C=O) groups is 1. The molecule has 0 saturated heterocycles. The highest BCUT2D eigenvalue weighted by Gasteiger charge is 2.18. The molecule has 0 atom stereocenters. The van der Waals surface area contributed by atoms with Crippen molar-refractivity contribution in [3.8, 4) is 0 Å². The molecule has 4 rings (SSSR count). The van der Waals surface area contributed by atoms with Gasteiger partial charge in [0.1, 0.15) is 0 Å². The highest BCUT2D eigenvalue weighted by Crippen LogP contribution is 2.25. The molecule has 0 aliphatic carbocycles. The fraction of sp³-hybridized carbons (Fsp3) is 0.200. The zero-order valence-corrected chi connectivity index (χ0v) is 16.9. The summed E-state index contributed by atoms with van der Waals surface area (Å²) in [6, 6.07) is 15.5. The molecule has 3 aromatic carbocycles. The number of pyridine rings is 1. The number of aryl methyl sites for hydroxylation is 5. The van der Waals surface area contributed by atoms with Crippen LogP contribution in [0.25, 0.3) is 21.8 Å². The summed E-state index contributed by atoms with van der Waals surface area (Å²) in [5.74, 6) is -0.00584. The molecule has 4 aromatic rings. The Morgan fingerprint density at radius 3 is 2.04 bits per heavy atom. The zero-order chi connectivity index (χ0) is 20.2. The number of fused-ring (bicyclic) bond motifs is 2. The fourth-order valence-corrected chi connectivity index (χ4v) is 4.00. The van der Waals surface area contributed by atoms with Crippen LogP contribution < -0.4 is 5.43 Å². The lowest BCUT2D eigenvalue weighted by Crippen LogP contribution is -2.12. The SMILES string of the molecule is Cc1ccc(C(=O)c2cc3c(cc2C)c(=O)c2ccc(C)cc2n3C)c(C)c1. The number of aromatic nitrogens is 1. The molecule has 0 aliphatic rings. The van der Waals surface area contributed by atoms with Gasteiger partial charge in [-0.05, 0) is 68.7 Å². The largest absolute Gasteiger partial charge is 0.343 e. The van der Waals surface area contributed by atoms with E-state index in [0.717, 1.165) is 33.3 Å². The predicted octanol–water partition coefficient (Wildman–Crippen LogP) is 5.16. The Labute approximate surface area is 164 Å². The maximum Gasteiger partial charge on any atom is 0.197 e. The summed E-state index contributed by atoms with van der Waals surface area (Å²) in [4.78, 5) is 26.3. The molecular formula is C25H23NO2. The van der Waals surface area contributed by atoms with Crippen molar-refractivity contribution in [3.63, 3.8) is 0 Å². The highest BCUT2D eigenvalue weighted by atomic mass is 16.1. The Hall–Kier alpha value is -3.20. The van der Waals surface area contributed by atoms with Crippen LogP contribution in [-0.2, 0) is 7.05 Å². The number of nitrogens with zero attached hydrogens (tertiary/aromatic N) is 1. The first kappa shape index (κ1) is 18.2. The van der Waals surface area contributed by atoms with E-state index in [4.69, 9.17) is 0 Å². The van der Waals surface area contributed by atoms with Crippen LogP contribution in [0.5, 0.6) is 0 Å². The molecule has 1 aromatic heterocycles. The molecule has 140 valence electrons. The molecule has 0 spiro atoms. The minimum absolute atomic E-state index is 0.00584. The summed E-state index contributed by atoms with van der Waals surface area (Å²) in [7, 11) is 1.95. The Morgan fingerprint density at radius 1 is 0.714 bits per heavy atom. The first-order chi connectivity index (χ1) is 13.3. The quantitative estimate of drug-likeness (QED) is 0.362. The average Bonchev–Trinajstić information content (AvgIpc) is 2.65. The van der Waals surface area contributed by atoms with E-state index in [1.807, 2.05) is 87.8 Å². The molecule has 0 N–H and O–H groups in total. The minimum atomic E-state index is -0.00584. The van der Waals surface area contributed by atoms with Crippen molar-refractivity contribution in [2.75, 3.05) is 0 Å². The van der Waals surface area contributed by atoms with E-state index in [1.54, 1.807) is 0 Å². The zero-order valence-electron chi connectivity index (χ0n) is 16.9. The van der Waals surface area contributed by atoms with Gasteiger partial charge >= 0.3 is 0 Å². The maximum atomic E-state index is 13.3. The smallest absolute Gasteiger partial charge is 0.197 e. The van der Waals surface area contributed by atoms with Gasteiger partial charge in [0.25, 0.3) is 0 Å². The van der Waals surface area contributed by atoms with Gasteiger partial charge in [0.2, 0.25) is 0 Å². The van der Waals surface area contributed by atoms with Crippen molar-refractivity contribution in [2.45, 2.75) is 27.7 Å². The molecule has 1 heterocycles. The Bertz CT molecular complexity index is 1340. The fourth-order valence-electron chi connectivity index (χ4n) is 4.00. The van der Waals surface area contributed by atoms with Crippen LogP contribution >= 0.6 is 0 Å². The van der Waals surface area contributed by atoms with Crippen molar-refractivity contribution in [2.24, 2.45) is 7.05 Å². The van der Waals surface area contributed by atoms with E-state index < -0.39 is 0 Å². The molecule has 0 saturated carbocycles. The Balaban J connectivity index is 2.02. The summed E-state index contributed by atoms with van der Waals surface area (Å²) in [5, 5.41) is 1.35. The normalized spacial score (nSPS) is 11.3. The van der Waals surface area contributed by atoms with E-state index in [2.05, 4.69) is 0 Å². The number of rotatable bonds is 2. The Kier molecular flexibility index (Phi) is 4.19. The van der Waals surface area contributed by atoms with Crippen LogP contribution in [0.15, 0.2) is 53.3 Å². The molecule has 0 amide bonds. The lowest BCUT2D eigenvalue weighted by molar-refractivity contribution is 0.103. The van der Waals surface area contributed by atoms with Crippen molar-refractivity contribution in [1.29, 1.82) is 0 Å². The molecule has 0 unspecified atom stereocenters. The van der Waals surface area contributed by atoms with Gasteiger partial charge in [-0.3, -0.25) is 9.59 Å². The minimum Gasteiger partial charge on any atom is -0.343 e. The van der Waals surface area contributed by atoms with Crippen LogP contribution in [0, 0.1) is 27.7 Å². The Morgan fingerprint density at radius 2 is 1.32 bits per heavy atom. The molecule has 0 aliphatic heterocycles. The van der Waals surface area contributed by atoms with Gasteiger partial charge in [-0.25, -0.2) is 0 Å². The third-order valence-corrected chi connectivity index (χ3v) is 5.58. The molecule has 28 heavy (non-hydrogen) atoms. The van der Waals surface area contributed by atoms with Gasteiger partial charge in [0.05, 0.1) is 11.0 Å². The second-order valence-corrected chi connectivity index (χ2v) is 7.74. The van der Waals surface area contributed by atoms with Gasteiger partial charge in [0, 0.05) is 28.9 Å². The van der Waals surface area contributed by atoms with E-state index in [9.17, 15) is 9.59 Å². The van der Waals surface area contributed by atoms with E-state index >= 15 is 0 Å². The number of benzene rings is 3.